The second kappa shape index (κ2) is 4.68. The van der Waals surface area contributed by atoms with Crippen molar-refractivity contribution in [2.45, 2.75) is 26.4 Å². The number of halogens is 1. The van der Waals surface area contributed by atoms with Crippen LogP contribution in [0.3, 0.4) is 0 Å². The van der Waals surface area contributed by atoms with Gasteiger partial charge in [0, 0.05) is 0 Å². The van der Waals surface area contributed by atoms with Gasteiger partial charge in [-0.25, -0.2) is 0 Å². The Morgan fingerprint density at radius 3 is 2.00 bits per heavy atom. The number of carbonyl (C=O) groups excluding carboxylic acids is 1. The van der Waals surface area contributed by atoms with Gasteiger partial charge < -0.3 is 10.5 Å². The Morgan fingerprint density at radius 2 is 1.90 bits per heavy atom. The molecule has 0 atom stereocenters. The number of hydrogen-bond acceptors (Lipinski definition) is 3. The summed E-state index contributed by atoms with van der Waals surface area (Å²) in [6, 6.07) is 0. The first kappa shape index (κ1) is 12.6. The standard InChI is InChI=1S/C6H13NO2.BrH/c1-6(2,3)9-5(8)4-7;/h4,7H2,1-3H3;1H. The lowest BCUT2D eigenvalue weighted by Crippen LogP contribution is -2.28. The minimum atomic E-state index is -0.406. The van der Waals surface area contributed by atoms with Crippen LogP contribution < -0.4 is 5.73 Å². The van der Waals surface area contributed by atoms with Crippen LogP contribution >= 0.6 is 17.0 Å². The number of nitrogens with two attached hydrogens (primary N) is 1. The summed E-state index contributed by atoms with van der Waals surface area (Å²) in [7, 11) is 0. The van der Waals surface area contributed by atoms with Gasteiger partial charge in [0.15, 0.2) is 0 Å². The molecule has 0 aliphatic rings. The third-order valence-corrected chi connectivity index (χ3v) is 0.587. The van der Waals surface area contributed by atoms with Gasteiger partial charge in [-0.2, -0.15) is 0 Å². The van der Waals surface area contributed by atoms with Gasteiger partial charge in [-0.1, -0.05) is 0 Å². The van der Waals surface area contributed by atoms with E-state index in [9.17, 15) is 4.79 Å². The highest BCUT2D eigenvalue weighted by molar-refractivity contribution is 8.93. The molecule has 4 heteroatoms. The molecule has 0 radical (unpaired) electrons. The Hall–Kier alpha value is -0.0900. The predicted molar refractivity (Wildman–Crippen MR) is 45.2 cm³/mol. The van der Waals surface area contributed by atoms with E-state index in [0.29, 0.717) is 0 Å². The summed E-state index contributed by atoms with van der Waals surface area (Å²) in [5.74, 6) is -0.359. The molecule has 3 nitrogen and oxygen atoms in total. The van der Waals surface area contributed by atoms with Crippen molar-refractivity contribution in [3.63, 3.8) is 0 Å². The van der Waals surface area contributed by atoms with Gasteiger partial charge in [-0.3, -0.25) is 4.79 Å². The van der Waals surface area contributed by atoms with E-state index in [4.69, 9.17) is 10.5 Å². The van der Waals surface area contributed by atoms with Crippen molar-refractivity contribution in [2.24, 2.45) is 5.73 Å². The lowest BCUT2D eigenvalue weighted by Gasteiger charge is -2.18. The zero-order valence-electron chi connectivity index (χ0n) is 6.51. The van der Waals surface area contributed by atoms with E-state index in [2.05, 4.69) is 0 Å². The molecular weight excluding hydrogens is 198 g/mol. The number of ether oxygens (including phenoxy) is 1. The van der Waals surface area contributed by atoms with E-state index in [1.165, 1.54) is 0 Å². The van der Waals surface area contributed by atoms with Gasteiger partial charge >= 0.3 is 5.97 Å². The largest absolute Gasteiger partial charge is 0.459 e. The lowest BCUT2D eigenvalue weighted by atomic mass is 10.2. The van der Waals surface area contributed by atoms with E-state index in [1.807, 2.05) is 0 Å². The molecule has 0 heterocycles. The molecule has 0 aromatic heterocycles. The van der Waals surface area contributed by atoms with E-state index >= 15 is 0 Å². The molecule has 0 unspecified atom stereocenters. The van der Waals surface area contributed by atoms with E-state index in [0.717, 1.165) is 0 Å². The molecule has 0 rings (SSSR count). The molecule has 10 heavy (non-hydrogen) atoms. The van der Waals surface area contributed by atoms with Gasteiger partial charge in [-0.05, 0) is 20.8 Å². The number of carbonyl (C=O) groups is 1. The maximum Gasteiger partial charge on any atom is 0.320 e. The summed E-state index contributed by atoms with van der Waals surface area (Å²) in [4.78, 5) is 10.5. The molecule has 0 aliphatic heterocycles. The Bertz CT molecular complexity index is 109. The van der Waals surface area contributed by atoms with Crippen LogP contribution in [0.2, 0.25) is 0 Å². The van der Waals surface area contributed by atoms with E-state index in [1.54, 1.807) is 20.8 Å². The normalized spacial score (nSPS) is 10.0. The monoisotopic (exact) mass is 211 g/mol. The van der Waals surface area contributed by atoms with Crippen molar-refractivity contribution in [3.05, 3.63) is 0 Å². The SMILES string of the molecule is Br.CC(C)(C)OC(=O)CN. The Kier molecular flexibility index (Phi) is 5.89. The van der Waals surface area contributed by atoms with E-state index < -0.39 is 5.60 Å². The highest BCUT2D eigenvalue weighted by atomic mass is 79.9. The second-order valence-electron chi connectivity index (χ2n) is 2.79. The smallest absolute Gasteiger partial charge is 0.320 e. The summed E-state index contributed by atoms with van der Waals surface area (Å²) in [6.45, 7) is 5.37. The molecule has 0 fully saturated rings. The fraction of sp³-hybridized carbons (Fsp3) is 0.833. The van der Waals surface area contributed by atoms with Crippen molar-refractivity contribution < 1.29 is 9.53 Å². The van der Waals surface area contributed by atoms with E-state index in [-0.39, 0.29) is 29.5 Å². The molecule has 0 amide bonds. The van der Waals surface area contributed by atoms with Crippen LogP contribution in [-0.4, -0.2) is 18.1 Å². The third-order valence-electron chi connectivity index (χ3n) is 0.587. The predicted octanol–water partition coefficient (Wildman–Crippen LogP) is 0.865. The summed E-state index contributed by atoms with van der Waals surface area (Å²) in [5, 5.41) is 0. The van der Waals surface area contributed by atoms with Crippen molar-refractivity contribution in [1.82, 2.24) is 0 Å². The van der Waals surface area contributed by atoms with Crippen molar-refractivity contribution >= 4 is 23.0 Å². The zero-order chi connectivity index (χ0) is 7.49. The fourth-order valence-corrected chi connectivity index (χ4v) is 0.383. The number of esters is 1. The van der Waals surface area contributed by atoms with Crippen LogP contribution in [0.4, 0.5) is 0 Å². The highest BCUT2D eigenvalue weighted by Crippen LogP contribution is 2.05. The van der Waals surface area contributed by atoms with Crippen LogP contribution in [0.5, 0.6) is 0 Å². The van der Waals surface area contributed by atoms with Crippen LogP contribution in [0.1, 0.15) is 20.8 Å². The lowest BCUT2D eigenvalue weighted by molar-refractivity contribution is -0.152. The highest BCUT2D eigenvalue weighted by Gasteiger charge is 2.13. The summed E-state index contributed by atoms with van der Waals surface area (Å²) < 4.78 is 4.82. The van der Waals surface area contributed by atoms with Crippen LogP contribution in [0, 0.1) is 0 Å². The maximum atomic E-state index is 10.5. The van der Waals surface area contributed by atoms with Gasteiger partial charge in [0.25, 0.3) is 0 Å². The first-order valence-electron chi connectivity index (χ1n) is 2.87. The minimum Gasteiger partial charge on any atom is -0.459 e. The second-order valence-corrected chi connectivity index (χ2v) is 2.79. The molecule has 0 saturated carbocycles. The first-order valence-corrected chi connectivity index (χ1v) is 2.87. The van der Waals surface area contributed by atoms with Crippen LogP contribution in [-0.2, 0) is 9.53 Å². The number of rotatable bonds is 1. The van der Waals surface area contributed by atoms with Gasteiger partial charge in [-0.15, -0.1) is 17.0 Å². The Morgan fingerprint density at radius 1 is 1.50 bits per heavy atom. The Balaban J connectivity index is 0. The zero-order valence-corrected chi connectivity index (χ0v) is 8.22. The van der Waals surface area contributed by atoms with Crippen molar-refractivity contribution in [3.8, 4) is 0 Å². The molecule has 0 saturated heterocycles. The first-order chi connectivity index (χ1) is 3.95. The molecule has 2 N–H and O–H groups in total. The number of hydrogen-bond donors (Lipinski definition) is 1. The average Bonchev–Trinajstić information content (AvgIpc) is 1.62. The summed E-state index contributed by atoms with van der Waals surface area (Å²) >= 11 is 0. The van der Waals surface area contributed by atoms with Gasteiger partial charge in [0.1, 0.15) is 5.60 Å². The maximum absolute atomic E-state index is 10.5. The van der Waals surface area contributed by atoms with Gasteiger partial charge in [0.2, 0.25) is 0 Å². The molecule has 0 bridgehead atoms. The molecule has 62 valence electrons. The van der Waals surface area contributed by atoms with Crippen LogP contribution in [0.15, 0.2) is 0 Å². The molecule has 0 aromatic carbocycles. The van der Waals surface area contributed by atoms with Crippen molar-refractivity contribution in [1.29, 1.82) is 0 Å². The molecule has 0 spiro atoms. The molecular formula is C6H14BrNO2. The molecule has 0 aliphatic carbocycles. The Labute approximate surface area is 71.7 Å². The quantitative estimate of drug-likeness (QED) is 0.656. The fourth-order valence-electron chi connectivity index (χ4n) is 0.383. The molecule has 0 aromatic rings. The van der Waals surface area contributed by atoms with Gasteiger partial charge in [0.05, 0.1) is 6.54 Å². The summed E-state index contributed by atoms with van der Waals surface area (Å²) in [6.07, 6.45) is 0. The third kappa shape index (κ3) is 7.91. The van der Waals surface area contributed by atoms with Crippen molar-refractivity contribution in [2.75, 3.05) is 6.54 Å². The minimum absolute atomic E-state index is 0. The van der Waals surface area contributed by atoms with Crippen LogP contribution in [0.25, 0.3) is 0 Å². The summed E-state index contributed by atoms with van der Waals surface area (Å²) in [5.41, 5.74) is 4.60. The average molecular weight is 212 g/mol. The topological polar surface area (TPSA) is 52.3 Å².